The van der Waals surface area contributed by atoms with Crippen LogP contribution < -0.4 is 10.1 Å². The molecule has 1 aromatic carbocycles. The lowest BCUT2D eigenvalue weighted by Crippen LogP contribution is -2.04. The van der Waals surface area contributed by atoms with Crippen molar-refractivity contribution in [1.29, 1.82) is 0 Å². The van der Waals surface area contributed by atoms with E-state index in [0.717, 1.165) is 23.9 Å². The summed E-state index contributed by atoms with van der Waals surface area (Å²) in [6, 6.07) is 8.03. The number of anilines is 1. The Morgan fingerprint density at radius 3 is 2.67 bits per heavy atom. The number of methoxy groups -OCH3 is 1. The minimum atomic E-state index is 0.782. The summed E-state index contributed by atoms with van der Waals surface area (Å²) in [5, 5.41) is 3.39. The summed E-state index contributed by atoms with van der Waals surface area (Å²) >= 11 is 0. The van der Waals surface area contributed by atoms with Crippen molar-refractivity contribution in [3.63, 3.8) is 0 Å². The highest BCUT2D eigenvalue weighted by Gasteiger charge is 2.00. The fourth-order valence-electron chi connectivity index (χ4n) is 1.52. The first-order valence-corrected chi connectivity index (χ1v) is 5.61. The number of para-hydroxylation sites is 2. The van der Waals surface area contributed by atoms with Gasteiger partial charge in [-0.2, -0.15) is 0 Å². The summed E-state index contributed by atoms with van der Waals surface area (Å²) in [6.45, 7) is 5.52. The Kier molecular flexibility index (Phi) is 5.02. The van der Waals surface area contributed by atoms with Crippen LogP contribution in [0.25, 0.3) is 0 Å². The van der Waals surface area contributed by atoms with Crippen molar-refractivity contribution in [1.82, 2.24) is 0 Å². The second-order valence-electron chi connectivity index (χ2n) is 4.16. The quantitative estimate of drug-likeness (QED) is 0.720. The third-order valence-electron chi connectivity index (χ3n) is 2.38. The molecule has 2 heteroatoms. The fourth-order valence-corrected chi connectivity index (χ4v) is 1.52. The molecule has 84 valence electrons. The van der Waals surface area contributed by atoms with Crippen molar-refractivity contribution < 1.29 is 4.74 Å². The molecule has 2 nitrogen and oxygen atoms in total. The summed E-state index contributed by atoms with van der Waals surface area (Å²) in [5.74, 6) is 1.70. The highest BCUT2D eigenvalue weighted by Crippen LogP contribution is 2.22. The van der Waals surface area contributed by atoms with Gasteiger partial charge in [-0.05, 0) is 30.9 Å². The lowest BCUT2D eigenvalue weighted by molar-refractivity contribution is 0.416. The predicted octanol–water partition coefficient (Wildman–Crippen LogP) is 3.54. The standard InChI is InChI=1S/C13H21NO/c1-11(2)7-6-10-14-12-8-4-5-9-13(12)15-3/h4-5,8-9,11,14H,6-7,10H2,1-3H3. The summed E-state index contributed by atoms with van der Waals surface area (Å²) in [7, 11) is 1.70. The Hall–Kier alpha value is -1.18. The Morgan fingerprint density at radius 2 is 2.00 bits per heavy atom. The average Bonchev–Trinajstić information content (AvgIpc) is 2.24. The molecule has 1 rings (SSSR count). The van der Waals surface area contributed by atoms with Gasteiger partial charge in [0.1, 0.15) is 5.75 Å². The van der Waals surface area contributed by atoms with Gasteiger partial charge in [-0.1, -0.05) is 26.0 Å². The van der Waals surface area contributed by atoms with E-state index in [9.17, 15) is 0 Å². The molecule has 0 bridgehead atoms. The van der Waals surface area contributed by atoms with Gasteiger partial charge >= 0.3 is 0 Å². The van der Waals surface area contributed by atoms with E-state index in [2.05, 4.69) is 19.2 Å². The van der Waals surface area contributed by atoms with E-state index in [1.54, 1.807) is 7.11 Å². The summed E-state index contributed by atoms with van der Waals surface area (Å²) in [5.41, 5.74) is 1.09. The van der Waals surface area contributed by atoms with Gasteiger partial charge < -0.3 is 10.1 Å². The molecule has 1 N–H and O–H groups in total. The second kappa shape index (κ2) is 6.33. The van der Waals surface area contributed by atoms with Gasteiger partial charge in [-0.25, -0.2) is 0 Å². The van der Waals surface area contributed by atoms with Crippen LogP contribution in [0.3, 0.4) is 0 Å². The molecule has 0 aromatic heterocycles. The average molecular weight is 207 g/mol. The molecule has 0 radical (unpaired) electrons. The number of hydrogen-bond acceptors (Lipinski definition) is 2. The molecule has 0 aliphatic heterocycles. The molecule has 0 fully saturated rings. The van der Waals surface area contributed by atoms with Gasteiger partial charge in [-0.3, -0.25) is 0 Å². The monoisotopic (exact) mass is 207 g/mol. The summed E-state index contributed by atoms with van der Waals surface area (Å²) in [6.07, 6.45) is 2.47. The number of nitrogens with one attached hydrogen (secondary N) is 1. The minimum Gasteiger partial charge on any atom is -0.495 e. The molecular formula is C13H21NO. The Labute approximate surface area is 92.6 Å². The lowest BCUT2D eigenvalue weighted by Gasteiger charge is -2.11. The van der Waals surface area contributed by atoms with Crippen molar-refractivity contribution >= 4 is 5.69 Å². The Morgan fingerprint density at radius 1 is 1.27 bits per heavy atom. The normalized spacial score (nSPS) is 10.4. The molecule has 0 saturated heterocycles. The van der Waals surface area contributed by atoms with Crippen LogP contribution >= 0.6 is 0 Å². The zero-order chi connectivity index (χ0) is 11.1. The van der Waals surface area contributed by atoms with Crippen LogP contribution in [0.5, 0.6) is 5.75 Å². The van der Waals surface area contributed by atoms with Crippen molar-refractivity contribution in [2.24, 2.45) is 5.92 Å². The van der Waals surface area contributed by atoms with Gasteiger partial charge in [0.15, 0.2) is 0 Å². The van der Waals surface area contributed by atoms with Crippen molar-refractivity contribution in [3.8, 4) is 5.75 Å². The van der Waals surface area contributed by atoms with E-state index >= 15 is 0 Å². The van der Waals surface area contributed by atoms with Crippen LogP contribution in [-0.2, 0) is 0 Å². The first kappa shape index (κ1) is 11.9. The van der Waals surface area contributed by atoms with Gasteiger partial charge in [0.25, 0.3) is 0 Å². The first-order chi connectivity index (χ1) is 7.24. The third-order valence-corrected chi connectivity index (χ3v) is 2.38. The maximum absolute atomic E-state index is 5.26. The van der Waals surface area contributed by atoms with E-state index in [-0.39, 0.29) is 0 Å². The number of hydrogen-bond donors (Lipinski definition) is 1. The van der Waals surface area contributed by atoms with Crippen LogP contribution in [0, 0.1) is 5.92 Å². The van der Waals surface area contributed by atoms with Crippen LogP contribution in [0.15, 0.2) is 24.3 Å². The SMILES string of the molecule is COc1ccccc1NCCCC(C)C. The van der Waals surface area contributed by atoms with E-state index in [0.29, 0.717) is 0 Å². The molecule has 0 aliphatic carbocycles. The van der Waals surface area contributed by atoms with Gasteiger partial charge in [0.05, 0.1) is 12.8 Å². The molecular weight excluding hydrogens is 186 g/mol. The van der Waals surface area contributed by atoms with Gasteiger partial charge in [0, 0.05) is 6.54 Å². The Balaban J connectivity index is 2.36. The zero-order valence-electron chi connectivity index (χ0n) is 9.92. The van der Waals surface area contributed by atoms with E-state index < -0.39 is 0 Å². The number of ether oxygens (including phenoxy) is 1. The number of benzene rings is 1. The van der Waals surface area contributed by atoms with Crippen molar-refractivity contribution in [3.05, 3.63) is 24.3 Å². The summed E-state index contributed by atoms with van der Waals surface area (Å²) < 4.78 is 5.26. The molecule has 0 heterocycles. The fraction of sp³-hybridized carbons (Fsp3) is 0.538. The van der Waals surface area contributed by atoms with Crippen molar-refractivity contribution in [2.45, 2.75) is 26.7 Å². The molecule has 0 amide bonds. The van der Waals surface area contributed by atoms with E-state index in [1.807, 2.05) is 24.3 Å². The number of rotatable bonds is 6. The molecule has 1 aromatic rings. The molecule has 0 spiro atoms. The van der Waals surface area contributed by atoms with Crippen LogP contribution in [0.2, 0.25) is 0 Å². The smallest absolute Gasteiger partial charge is 0.141 e. The van der Waals surface area contributed by atoms with Gasteiger partial charge in [0.2, 0.25) is 0 Å². The Bertz CT molecular complexity index is 284. The second-order valence-corrected chi connectivity index (χ2v) is 4.16. The summed E-state index contributed by atoms with van der Waals surface area (Å²) in [4.78, 5) is 0. The minimum absolute atomic E-state index is 0.782. The third kappa shape index (κ3) is 4.24. The van der Waals surface area contributed by atoms with Crippen LogP contribution in [0.1, 0.15) is 26.7 Å². The van der Waals surface area contributed by atoms with Crippen LogP contribution in [-0.4, -0.2) is 13.7 Å². The highest BCUT2D eigenvalue weighted by atomic mass is 16.5. The highest BCUT2D eigenvalue weighted by molar-refractivity contribution is 5.55. The molecule has 15 heavy (non-hydrogen) atoms. The maximum atomic E-state index is 5.26. The topological polar surface area (TPSA) is 21.3 Å². The van der Waals surface area contributed by atoms with E-state index in [4.69, 9.17) is 4.74 Å². The molecule has 0 aliphatic rings. The largest absolute Gasteiger partial charge is 0.495 e. The lowest BCUT2D eigenvalue weighted by atomic mass is 10.1. The van der Waals surface area contributed by atoms with E-state index in [1.165, 1.54) is 12.8 Å². The van der Waals surface area contributed by atoms with Crippen molar-refractivity contribution in [2.75, 3.05) is 19.0 Å². The molecule has 0 saturated carbocycles. The van der Waals surface area contributed by atoms with Crippen LogP contribution in [0.4, 0.5) is 5.69 Å². The first-order valence-electron chi connectivity index (χ1n) is 5.61. The molecule has 0 atom stereocenters. The maximum Gasteiger partial charge on any atom is 0.141 e. The molecule has 0 unspecified atom stereocenters. The predicted molar refractivity (Wildman–Crippen MR) is 65.6 cm³/mol. The zero-order valence-corrected chi connectivity index (χ0v) is 9.92. The van der Waals surface area contributed by atoms with Gasteiger partial charge in [-0.15, -0.1) is 0 Å².